The highest BCUT2D eigenvalue weighted by atomic mass is 35.5. The lowest BCUT2D eigenvalue weighted by molar-refractivity contribution is 0.566. The second-order valence-electron chi connectivity index (χ2n) is 6.05. The molecule has 0 saturated carbocycles. The Morgan fingerprint density at radius 2 is 1.57 bits per heavy atom. The average Bonchev–Trinajstić information content (AvgIpc) is 2.45. The highest BCUT2D eigenvalue weighted by Gasteiger charge is 2.21. The maximum Gasteiger partial charge on any atom is 0.241 e. The molecule has 0 heterocycles. The van der Waals surface area contributed by atoms with E-state index in [9.17, 15) is 8.42 Å². The van der Waals surface area contributed by atoms with Gasteiger partial charge in [-0.05, 0) is 74.6 Å². The zero-order chi connectivity index (χ0) is 17.4. The Labute approximate surface area is 143 Å². The zero-order valence-electron chi connectivity index (χ0n) is 14.1. The summed E-state index contributed by atoms with van der Waals surface area (Å²) in [6, 6.07) is 8.97. The standard InChI is InChI=1S/C18H22ClNO2S/c1-11-6-7-16(8-12(11)2)15(5)20-23(21,22)18-10-13(3)17(19)9-14(18)4/h6-10,15,20H,1-5H3. The largest absolute Gasteiger partial charge is 0.241 e. The first-order valence-corrected chi connectivity index (χ1v) is 9.34. The predicted octanol–water partition coefficient (Wildman–Crippen LogP) is 4.61. The van der Waals surface area contributed by atoms with Crippen molar-refractivity contribution in [2.75, 3.05) is 0 Å². The van der Waals surface area contributed by atoms with E-state index in [1.54, 1.807) is 26.0 Å². The molecule has 0 fully saturated rings. The quantitative estimate of drug-likeness (QED) is 0.874. The van der Waals surface area contributed by atoms with Crippen LogP contribution in [0.4, 0.5) is 0 Å². The molecule has 124 valence electrons. The molecule has 1 atom stereocenters. The molecule has 0 radical (unpaired) electrons. The van der Waals surface area contributed by atoms with Crippen LogP contribution in [0.3, 0.4) is 0 Å². The van der Waals surface area contributed by atoms with E-state index in [4.69, 9.17) is 11.6 Å². The normalized spacial score (nSPS) is 13.1. The van der Waals surface area contributed by atoms with Crippen LogP contribution in [0, 0.1) is 27.7 Å². The summed E-state index contributed by atoms with van der Waals surface area (Å²) in [6.45, 7) is 9.45. The van der Waals surface area contributed by atoms with E-state index >= 15 is 0 Å². The summed E-state index contributed by atoms with van der Waals surface area (Å²) < 4.78 is 28.1. The number of hydrogen-bond donors (Lipinski definition) is 1. The van der Waals surface area contributed by atoms with Crippen LogP contribution in [0.2, 0.25) is 5.02 Å². The lowest BCUT2D eigenvalue weighted by Gasteiger charge is -2.17. The van der Waals surface area contributed by atoms with Crippen molar-refractivity contribution in [3.8, 4) is 0 Å². The Bertz CT molecular complexity index is 844. The van der Waals surface area contributed by atoms with Crippen LogP contribution in [-0.4, -0.2) is 8.42 Å². The van der Waals surface area contributed by atoms with Gasteiger partial charge in [0, 0.05) is 11.1 Å². The van der Waals surface area contributed by atoms with Crippen molar-refractivity contribution in [1.82, 2.24) is 4.72 Å². The van der Waals surface area contributed by atoms with Crippen molar-refractivity contribution in [2.24, 2.45) is 0 Å². The van der Waals surface area contributed by atoms with Gasteiger partial charge in [-0.3, -0.25) is 0 Å². The van der Waals surface area contributed by atoms with Gasteiger partial charge in [-0.2, -0.15) is 0 Å². The predicted molar refractivity (Wildman–Crippen MR) is 95.6 cm³/mol. The van der Waals surface area contributed by atoms with Gasteiger partial charge in [0.05, 0.1) is 4.90 Å². The Balaban J connectivity index is 2.34. The monoisotopic (exact) mass is 351 g/mol. The van der Waals surface area contributed by atoms with Crippen LogP contribution in [0.1, 0.15) is 40.8 Å². The molecule has 2 aromatic rings. The maximum absolute atomic E-state index is 12.7. The van der Waals surface area contributed by atoms with Gasteiger partial charge in [0.15, 0.2) is 0 Å². The Morgan fingerprint density at radius 3 is 2.17 bits per heavy atom. The summed E-state index contributed by atoms with van der Waals surface area (Å²) in [7, 11) is -3.61. The van der Waals surface area contributed by atoms with Crippen LogP contribution in [0.25, 0.3) is 0 Å². The minimum absolute atomic E-state index is 0.273. The van der Waals surface area contributed by atoms with Crippen molar-refractivity contribution < 1.29 is 8.42 Å². The van der Waals surface area contributed by atoms with Crippen LogP contribution < -0.4 is 4.72 Å². The molecule has 0 aliphatic rings. The lowest BCUT2D eigenvalue weighted by Crippen LogP contribution is -2.27. The van der Waals surface area contributed by atoms with Crippen LogP contribution >= 0.6 is 11.6 Å². The summed E-state index contributed by atoms with van der Waals surface area (Å²) in [5.74, 6) is 0. The molecule has 2 aromatic carbocycles. The highest BCUT2D eigenvalue weighted by molar-refractivity contribution is 7.89. The van der Waals surface area contributed by atoms with Crippen LogP contribution in [-0.2, 0) is 10.0 Å². The minimum atomic E-state index is -3.61. The third kappa shape index (κ3) is 3.94. The Morgan fingerprint density at radius 1 is 0.913 bits per heavy atom. The zero-order valence-corrected chi connectivity index (χ0v) is 15.6. The second-order valence-corrected chi connectivity index (χ2v) is 8.14. The van der Waals surface area contributed by atoms with Crippen LogP contribution in [0.15, 0.2) is 35.2 Å². The van der Waals surface area contributed by atoms with Crippen molar-refractivity contribution >= 4 is 21.6 Å². The summed E-state index contributed by atoms with van der Waals surface area (Å²) in [4.78, 5) is 0.273. The van der Waals surface area contributed by atoms with E-state index in [-0.39, 0.29) is 10.9 Å². The van der Waals surface area contributed by atoms with Crippen molar-refractivity contribution in [3.05, 3.63) is 63.2 Å². The number of aryl methyl sites for hydroxylation is 4. The molecule has 0 aromatic heterocycles. The van der Waals surface area contributed by atoms with Gasteiger partial charge in [0.25, 0.3) is 0 Å². The van der Waals surface area contributed by atoms with Crippen molar-refractivity contribution in [2.45, 2.75) is 45.6 Å². The molecule has 1 N–H and O–H groups in total. The average molecular weight is 352 g/mol. The summed E-state index contributed by atoms with van der Waals surface area (Å²) in [5.41, 5.74) is 4.66. The lowest BCUT2D eigenvalue weighted by atomic mass is 10.0. The van der Waals surface area contributed by atoms with E-state index in [0.29, 0.717) is 10.6 Å². The number of benzene rings is 2. The van der Waals surface area contributed by atoms with Gasteiger partial charge in [-0.25, -0.2) is 13.1 Å². The molecule has 1 unspecified atom stereocenters. The fourth-order valence-corrected chi connectivity index (χ4v) is 4.20. The molecule has 0 amide bonds. The highest BCUT2D eigenvalue weighted by Crippen LogP contribution is 2.25. The SMILES string of the molecule is Cc1ccc(C(C)NS(=O)(=O)c2cc(C)c(Cl)cc2C)cc1C. The number of halogens is 1. The fourth-order valence-electron chi connectivity index (χ4n) is 2.44. The summed E-state index contributed by atoms with van der Waals surface area (Å²) in [6.07, 6.45) is 0. The molecule has 0 aliphatic heterocycles. The molecule has 0 spiro atoms. The van der Waals surface area contributed by atoms with Crippen molar-refractivity contribution in [1.29, 1.82) is 0 Å². The van der Waals surface area contributed by atoms with E-state index in [2.05, 4.69) is 4.72 Å². The molecule has 0 aliphatic carbocycles. The summed E-state index contributed by atoms with van der Waals surface area (Å²) >= 11 is 6.05. The van der Waals surface area contributed by atoms with Gasteiger partial charge in [0.1, 0.15) is 0 Å². The molecule has 0 saturated heterocycles. The summed E-state index contributed by atoms with van der Waals surface area (Å²) in [5, 5.41) is 0.573. The van der Waals surface area contributed by atoms with Gasteiger partial charge >= 0.3 is 0 Å². The Kier molecular flexibility index (Phi) is 5.19. The van der Waals surface area contributed by atoms with Crippen LogP contribution in [0.5, 0.6) is 0 Å². The molecular formula is C18H22ClNO2S. The minimum Gasteiger partial charge on any atom is -0.207 e. The molecule has 23 heavy (non-hydrogen) atoms. The van der Waals surface area contributed by atoms with Gasteiger partial charge in [-0.15, -0.1) is 0 Å². The first-order valence-electron chi connectivity index (χ1n) is 7.48. The smallest absolute Gasteiger partial charge is 0.207 e. The third-order valence-electron chi connectivity index (χ3n) is 4.11. The third-order valence-corrected chi connectivity index (χ3v) is 6.20. The van der Waals surface area contributed by atoms with E-state index in [0.717, 1.165) is 16.7 Å². The van der Waals surface area contributed by atoms with E-state index in [1.807, 2.05) is 39.0 Å². The fraction of sp³-hybridized carbons (Fsp3) is 0.333. The van der Waals surface area contributed by atoms with E-state index in [1.165, 1.54) is 5.56 Å². The number of sulfonamides is 1. The molecular weight excluding hydrogens is 330 g/mol. The van der Waals surface area contributed by atoms with Gasteiger partial charge in [-0.1, -0.05) is 29.8 Å². The Hall–Kier alpha value is -1.36. The van der Waals surface area contributed by atoms with Gasteiger partial charge in [0.2, 0.25) is 10.0 Å². The molecule has 2 rings (SSSR count). The molecule has 0 bridgehead atoms. The topological polar surface area (TPSA) is 46.2 Å². The van der Waals surface area contributed by atoms with E-state index < -0.39 is 10.0 Å². The maximum atomic E-state index is 12.7. The molecule has 5 heteroatoms. The first kappa shape index (κ1) is 18.0. The molecule has 3 nitrogen and oxygen atoms in total. The number of hydrogen-bond acceptors (Lipinski definition) is 2. The number of nitrogens with one attached hydrogen (secondary N) is 1. The van der Waals surface area contributed by atoms with Gasteiger partial charge < -0.3 is 0 Å². The van der Waals surface area contributed by atoms with Crippen molar-refractivity contribution in [3.63, 3.8) is 0 Å². The number of rotatable bonds is 4. The second kappa shape index (κ2) is 6.63. The first-order chi connectivity index (χ1) is 10.6.